The highest BCUT2D eigenvalue weighted by Gasteiger charge is 2.12. The van der Waals surface area contributed by atoms with Crippen molar-refractivity contribution >= 4 is 34.7 Å². The van der Waals surface area contributed by atoms with E-state index >= 15 is 0 Å². The van der Waals surface area contributed by atoms with Gasteiger partial charge in [0.2, 0.25) is 0 Å². The Morgan fingerprint density at radius 1 is 1.11 bits per heavy atom. The van der Waals surface area contributed by atoms with Crippen LogP contribution in [-0.2, 0) is 0 Å². The zero-order valence-corrected chi connectivity index (χ0v) is 10.5. The minimum absolute atomic E-state index is 0.356. The van der Waals surface area contributed by atoms with E-state index in [1.165, 1.54) is 0 Å². The summed E-state index contributed by atoms with van der Waals surface area (Å²) in [5.41, 5.74) is 6.79. The van der Waals surface area contributed by atoms with Gasteiger partial charge in [0.05, 0.1) is 15.7 Å². The Balaban J connectivity index is 2.26. The summed E-state index contributed by atoms with van der Waals surface area (Å²) in [6, 6.07) is 5.19. The predicted molar refractivity (Wildman–Crippen MR) is 70.7 cm³/mol. The first-order chi connectivity index (χ1) is 8.66. The van der Waals surface area contributed by atoms with E-state index in [1.807, 2.05) is 6.20 Å². The summed E-state index contributed by atoms with van der Waals surface area (Å²) in [4.78, 5) is 4.09. The van der Waals surface area contributed by atoms with Crippen LogP contribution in [-0.4, -0.2) is 19.6 Å². The molecule has 3 aromatic rings. The third kappa shape index (κ3) is 1.68. The van der Waals surface area contributed by atoms with Gasteiger partial charge in [0.1, 0.15) is 0 Å². The molecule has 0 aliphatic carbocycles. The van der Waals surface area contributed by atoms with E-state index in [2.05, 4.69) is 15.2 Å². The van der Waals surface area contributed by atoms with Crippen molar-refractivity contribution in [2.75, 3.05) is 5.73 Å². The molecule has 5 nitrogen and oxygen atoms in total. The molecule has 0 spiro atoms. The maximum Gasteiger partial charge on any atom is 0.255 e. The van der Waals surface area contributed by atoms with Gasteiger partial charge in [-0.05, 0) is 18.2 Å². The highest BCUT2D eigenvalue weighted by Crippen LogP contribution is 2.32. The standard InChI is InChI=1S/C11H7Cl2N5/c12-7-4-6(5-8(13)9(7)14)10-16-17-11-15-2-1-3-18(10)11/h1-5H,14H2. The molecule has 18 heavy (non-hydrogen) atoms. The molecule has 2 heterocycles. The maximum absolute atomic E-state index is 6.00. The average molecular weight is 280 g/mol. The number of anilines is 1. The lowest BCUT2D eigenvalue weighted by molar-refractivity contribution is 1.10. The number of hydrogen-bond acceptors (Lipinski definition) is 4. The van der Waals surface area contributed by atoms with E-state index in [0.29, 0.717) is 27.3 Å². The SMILES string of the molecule is Nc1c(Cl)cc(-c2nnc3ncccn23)cc1Cl. The number of nitrogen functional groups attached to an aromatic ring is 1. The molecule has 0 amide bonds. The number of benzene rings is 1. The molecule has 0 aliphatic heterocycles. The van der Waals surface area contributed by atoms with Gasteiger partial charge in [-0.1, -0.05) is 23.2 Å². The number of fused-ring (bicyclic) bond motifs is 1. The molecular weight excluding hydrogens is 273 g/mol. The predicted octanol–water partition coefficient (Wildman–Crippen LogP) is 2.68. The number of halogens is 2. The van der Waals surface area contributed by atoms with Crippen LogP contribution in [0.4, 0.5) is 5.69 Å². The Kier molecular flexibility index (Phi) is 2.57. The topological polar surface area (TPSA) is 69.1 Å². The van der Waals surface area contributed by atoms with Crippen molar-refractivity contribution in [2.24, 2.45) is 0 Å². The quantitative estimate of drug-likeness (QED) is 0.696. The Morgan fingerprint density at radius 3 is 2.56 bits per heavy atom. The Bertz CT molecular complexity index is 714. The van der Waals surface area contributed by atoms with Crippen LogP contribution < -0.4 is 5.73 Å². The van der Waals surface area contributed by atoms with Gasteiger partial charge in [-0.3, -0.25) is 4.40 Å². The summed E-state index contributed by atoms with van der Waals surface area (Å²) in [6.45, 7) is 0. The number of nitrogens with zero attached hydrogens (tertiary/aromatic N) is 4. The Hall–Kier alpha value is -1.85. The molecule has 0 atom stereocenters. The summed E-state index contributed by atoms with van der Waals surface area (Å²) in [5.74, 6) is 1.12. The first-order valence-corrected chi connectivity index (χ1v) is 5.83. The second-order valence-corrected chi connectivity index (χ2v) is 4.48. The fourth-order valence-electron chi connectivity index (χ4n) is 1.65. The van der Waals surface area contributed by atoms with Gasteiger partial charge in [-0.2, -0.15) is 0 Å². The summed E-state index contributed by atoms with van der Waals surface area (Å²) in [7, 11) is 0. The van der Waals surface area contributed by atoms with Gasteiger partial charge in [0.15, 0.2) is 5.82 Å². The van der Waals surface area contributed by atoms with Gasteiger partial charge in [0.25, 0.3) is 5.78 Å². The van der Waals surface area contributed by atoms with Crippen molar-refractivity contribution in [3.05, 3.63) is 40.6 Å². The van der Waals surface area contributed by atoms with Crippen LogP contribution in [0.3, 0.4) is 0 Å². The lowest BCUT2D eigenvalue weighted by atomic mass is 10.2. The normalized spacial score (nSPS) is 11.0. The smallest absolute Gasteiger partial charge is 0.255 e. The molecule has 2 N–H and O–H groups in total. The molecule has 0 radical (unpaired) electrons. The second-order valence-electron chi connectivity index (χ2n) is 3.67. The molecule has 90 valence electrons. The van der Waals surface area contributed by atoms with Crippen LogP contribution in [0, 0.1) is 0 Å². The van der Waals surface area contributed by atoms with Crippen LogP contribution in [0.1, 0.15) is 0 Å². The van der Waals surface area contributed by atoms with E-state index in [9.17, 15) is 0 Å². The lowest BCUT2D eigenvalue weighted by Crippen LogP contribution is -1.93. The van der Waals surface area contributed by atoms with Gasteiger partial charge < -0.3 is 5.73 Å². The summed E-state index contributed by atoms with van der Waals surface area (Å²) >= 11 is 12.0. The second kappa shape index (κ2) is 4.12. The van der Waals surface area contributed by atoms with Crippen molar-refractivity contribution < 1.29 is 0 Å². The molecule has 2 aromatic heterocycles. The third-order valence-electron chi connectivity index (χ3n) is 2.53. The molecule has 0 saturated heterocycles. The molecule has 0 fully saturated rings. The van der Waals surface area contributed by atoms with E-state index < -0.39 is 0 Å². The lowest BCUT2D eigenvalue weighted by Gasteiger charge is -2.04. The highest BCUT2D eigenvalue weighted by molar-refractivity contribution is 6.39. The molecule has 0 saturated carbocycles. The van der Waals surface area contributed by atoms with Crippen molar-refractivity contribution in [3.63, 3.8) is 0 Å². The molecule has 1 aromatic carbocycles. The van der Waals surface area contributed by atoms with E-state index in [-0.39, 0.29) is 0 Å². The largest absolute Gasteiger partial charge is 0.396 e. The minimum Gasteiger partial charge on any atom is -0.396 e. The monoisotopic (exact) mass is 279 g/mol. The third-order valence-corrected chi connectivity index (χ3v) is 3.15. The summed E-state index contributed by atoms with van der Waals surface area (Å²) < 4.78 is 1.75. The molecule has 0 aliphatic rings. The van der Waals surface area contributed by atoms with Crippen LogP contribution in [0.2, 0.25) is 10.0 Å². The highest BCUT2D eigenvalue weighted by atomic mass is 35.5. The molecule has 7 heteroatoms. The Morgan fingerprint density at radius 2 is 1.83 bits per heavy atom. The molecule has 0 bridgehead atoms. The number of rotatable bonds is 1. The van der Waals surface area contributed by atoms with Crippen molar-refractivity contribution in [2.45, 2.75) is 0 Å². The fraction of sp³-hybridized carbons (Fsp3) is 0. The van der Waals surface area contributed by atoms with E-state index in [1.54, 1.807) is 28.8 Å². The molecule has 3 rings (SSSR count). The van der Waals surface area contributed by atoms with E-state index in [4.69, 9.17) is 28.9 Å². The van der Waals surface area contributed by atoms with Gasteiger partial charge in [0, 0.05) is 18.0 Å². The summed E-state index contributed by atoms with van der Waals surface area (Å²) in [6.07, 6.45) is 3.46. The van der Waals surface area contributed by atoms with Gasteiger partial charge >= 0.3 is 0 Å². The first kappa shape index (κ1) is 11.3. The summed E-state index contributed by atoms with van der Waals surface area (Å²) in [5, 5.41) is 8.81. The minimum atomic E-state index is 0.356. The van der Waals surface area contributed by atoms with Crippen molar-refractivity contribution in [3.8, 4) is 11.4 Å². The van der Waals surface area contributed by atoms with E-state index in [0.717, 1.165) is 5.56 Å². The fourth-order valence-corrected chi connectivity index (χ4v) is 2.14. The average Bonchev–Trinajstić information content (AvgIpc) is 2.79. The maximum atomic E-state index is 6.00. The van der Waals surface area contributed by atoms with Gasteiger partial charge in [-0.25, -0.2) is 4.98 Å². The number of hydrogen-bond donors (Lipinski definition) is 1. The Labute approximate surface area is 112 Å². The van der Waals surface area contributed by atoms with Gasteiger partial charge in [-0.15, -0.1) is 10.2 Å². The van der Waals surface area contributed by atoms with Crippen LogP contribution in [0.5, 0.6) is 0 Å². The number of nitrogens with two attached hydrogens (primary N) is 1. The zero-order valence-electron chi connectivity index (χ0n) is 9.01. The van der Waals surface area contributed by atoms with Crippen LogP contribution in [0.25, 0.3) is 17.2 Å². The first-order valence-electron chi connectivity index (χ1n) is 5.07. The van der Waals surface area contributed by atoms with Crippen LogP contribution >= 0.6 is 23.2 Å². The van der Waals surface area contributed by atoms with Crippen molar-refractivity contribution in [1.82, 2.24) is 19.6 Å². The zero-order chi connectivity index (χ0) is 12.7. The number of aromatic nitrogens is 4. The van der Waals surface area contributed by atoms with Crippen molar-refractivity contribution in [1.29, 1.82) is 0 Å². The molecule has 0 unspecified atom stereocenters. The molecular formula is C11H7Cl2N5. The van der Waals surface area contributed by atoms with Crippen LogP contribution in [0.15, 0.2) is 30.6 Å².